The van der Waals surface area contributed by atoms with Gasteiger partial charge in [-0.3, -0.25) is 4.79 Å². The Morgan fingerprint density at radius 3 is 2.35 bits per heavy atom. The maximum absolute atomic E-state index is 13.6. The quantitative estimate of drug-likeness (QED) is 0.870. The number of carboxylic acid groups (broad SMARTS) is 1. The van der Waals surface area contributed by atoms with Crippen LogP contribution in [0.5, 0.6) is 11.5 Å². The van der Waals surface area contributed by atoms with Crippen LogP contribution < -0.4 is 9.47 Å². The molecule has 1 aromatic rings. The minimum absolute atomic E-state index is 0.0526. The molecule has 0 heterocycles. The summed E-state index contributed by atoms with van der Waals surface area (Å²) in [6.45, 7) is 1.43. The number of hydrogen-bond acceptors (Lipinski definition) is 3. The van der Waals surface area contributed by atoms with Crippen LogP contribution in [0.25, 0.3) is 0 Å². The van der Waals surface area contributed by atoms with Crippen LogP contribution >= 0.6 is 0 Å². The Morgan fingerprint density at radius 2 is 1.95 bits per heavy atom. The van der Waals surface area contributed by atoms with Gasteiger partial charge in [-0.25, -0.2) is 4.39 Å². The third-order valence-electron chi connectivity index (χ3n) is 3.89. The largest absolute Gasteiger partial charge is 0.496 e. The summed E-state index contributed by atoms with van der Waals surface area (Å²) in [4.78, 5) is 11.0. The molecule has 1 saturated carbocycles. The van der Waals surface area contributed by atoms with E-state index in [1.54, 1.807) is 12.1 Å². The molecule has 1 fully saturated rings. The molecule has 0 spiro atoms. The minimum Gasteiger partial charge on any atom is -0.496 e. The van der Waals surface area contributed by atoms with Crippen molar-refractivity contribution in [3.63, 3.8) is 0 Å². The van der Waals surface area contributed by atoms with Crippen molar-refractivity contribution < 1.29 is 23.8 Å². The lowest BCUT2D eigenvalue weighted by Crippen LogP contribution is -2.15. The summed E-state index contributed by atoms with van der Waals surface area (Å²) >= 11 is 0. The second-order valence-corrected chi connectivity index (χ2v) is 5.26. The van der Waals surface area contributed by atoms with Crippen molar-refractivity contribution in [1.29, 1.82) is 0 Å². The van der Waals surface area contributed by atoms with Crippen molar-refractivity contribution in [2.45, 2.75) is 37.8 Å². The molecule has 4 nitrogen and oxygen atoms in total. The smallest absolute Gasteiger partial charge is 0.304 e. The number of alkyl halides is 1. The molecular formula is C15H19FO4. The van der Waals surface area contributed by atoms with Gasteiger partial charge >= 0.3 is 5.97 Å². The Balaban J connectivity index is 2.50. The molecule has 1 N–H and O–H groups in total. The van der Waals surface area contributed by atoms with Crippen molar-refractivity contribution in [1.82, 2.24) is 0 Å². The molecule has 110 valence electrons. The molecule has 0 aliphatic heterocycles. The number of carboxylic acids is 1. The Labute approximate surface area is 117 Å². The number of benzene rings is 1. The number of halogens is 1. The van der Waals surface area contributed by atoms with E-state index in [2.05, 4.69) is 0 Å². The second-order valence-electron chi connectivity index (χ2n) is 5.26. The molecule has 5 heteroatoms. The van der Waals surface area contributed by atoms with Crippen LogP contribution in [-0.4, -0.2) is 25.3 Å². The van der Waals surface area contributed by atoms with Gasteiger partial charge in [0.2, 0.25) is 0 Å². The van der Waals surface area contributed by atoms with E-state index in [1.807, 2.05) is 0 Å². The van der Waals surface area contributed by atoms with Crippen LogP contribution in [-0.2, 0) is 10.2 Å². The lowest BCUT2D eigenvalue weighted by Gasteiger charge is -2.20. The average molecular weight is 282 g/mol. The Kier molecular flexibility index (Phi) is 3.88. The molecule has 1 aromatic carbocycles. The normalized spacial score (nSPS) is 17.4. The molecule has 0 radical (unpaired) electrons. The number of ether oxygens (including phenoxy) is 2. The van der Waals surface area contributed by atoms with Gasteiger partial charge < -0.3 is 14.6 Å². The van der Waals surface area contributed by atoms with Gasteiger partial charge in [0.25, 0.3) is 0 Å². The van der Waals surface area contributed by atoms with Gasteiger partial charge in [0, 0.05) is 16.5 Å². The summed E-state index contributed by atoms with van der Waals surface area (Å²) in [7, 11) is 2.99. The highest BCUT2D eigenvalue weighted by molar-refractivity contribution is 5.71. The molecular weight excluding hydrogens is 263 g/mol. The monoisotopic (exact) mass is 282 g/mol. The summed E-state index contributed by atoms with van der Waals surface area (Å²) in [6, 6.07) is 3.33. The number of carbonyl (C=O) groups is 1. The molecule has 1 aliphatic rings. The van der Waals surface area contributed by atoms with Crippen LogP contribution in [0.3, 0.4) is 0 Å². The Bertz CT molecular complexity index is 521. The molecule has 0 bridgehead atoms. The fourth-order valence-electron chi connectivity index (χ4n) is 2.63. The van der Waals surface area contributed by atoms with Gasteiger partial charge in [-0.15, -0.1) is 0 Å². The summed E-state index contributed by atoms with van der Waals surface area (Å²) in [6.07, 6.45) is 0.464. The van der Waals surface area contributed by atoms with E-state index in [-0.39, 0.29) is 6.42 Å². The van der Waals surface area contributed by atoms with Gasteiger partial charge in [-0.2, -0.15) is 0 Å². The minimum atomic E-state index is -1.18. The van der Waals surface area contributed by atoms with E-state index >= 15 is 0 Å². The van der Waals surface area contributed by atoms with E-state index in [0.29, 0.717) is 17.1 Å². The SMILES string of the molecule is COc1cc(C2(CC(=O)O)CC2)c(OC)cc1C(C)F. The van der Waals surface area contributed by atoms with Crippen LogP contribution in [0.4, 0.5) is 4.39 Å². The predicted molar refractivity (Wildman–Crippen MR) is 72.2 cm³/mol. The molecule has 1 atom stereocenters. The van der Waals surface area contributed by atoms with Gasteiger partial charge in [-0.1, -0.05) is 0 Å². The van der Waals surface area contributed by atoms with E-state index < -0.39 is 17.6 Å². The highest BCUT2D eigenvalue weighted by atomic mass is 19.1. The Hall–Kier alpha value is -1.78. The lowest BCUT2D eigenvalue weighted by molar-refractivity contribution is -0.137. The number of aliphatic carboxylic acids is 1. The van der Waals surface area contributed by atoms with Crippen molar-refractivity contribution >= 4 is 5.97 Å². The van der Waals surface area contributed by atoms with Crippen molar-refractivity contribution in [3.8, 4) is 11.5 Å². The van der Waals surface area contributed by atoms with Gasteiger partial charge in [-0.05, 0) is 31.9 Å². The van der Waals surface area contributed by atoms with Crippen LogP contribution in [0.15, 0.2) is 12.1 Å². The molecule has 0 saturated heterocycles. The highest BCUT2D eigenvalue weighted by Gasteiger charge is 2.48. The maximum Gasteiger partial charge on any atom is 0.304 e. The first-order valence-electron chi connectivity index (χ1n) is 6.56. The summed E-state index contributed by atoms with van der Waals surface area (Å²) in [5.74, 6) is 0.128. The summed E-state index contributed by atoms with van der Waals surface area (Å²) in [5, 5.41) is 9.05. The molecule has 2 rings (SSSR count). The van der Waals surface area contributed by atoms with Crippen LogP contribution in [0, 0.1) is 0 Å². The van der Waals surface area contributed by atoms with E-state index in [9.17, 15) is 9.18 Å². The molecule has 1 aliphatic carbocycles. The van der Waals surface area contributed by atoms with Crippen LogP contribution in [0.2, 0.25) is 0 Å². The number of methoxy groups -OCH3 is 2. The fourth-order valence-corrected chi connectivity index (χ4v) is 2.63. The van der Waals surface area contributed by atoms with E-state index in [4.69, 9.17) is 14.6 Å². The standard InChI is InChI=1S/C15H19FO4/c1-9(16)10-6-13(20-3)11(7-12(10)19-2)15(4-5-15)8-14(17)18/h6-7,9H,4-5,8H2,1-3H3,(H,17,18). The third kappa shape index (κ3) is 2.57. The van der Waals surface area contributed by atoms with E-state index in [1.165, 1.54) is 21.1 Å². The number of hydrogen-bond donors (Lipinski definition) is 1. The zero-order valence-corrected chi connectivity index (χ0v) is 11.9. The van der Waals surface area contributed by atoms with Gasteiger partial charge in [0.15, 0.2) is 0 Å². The Morgan fingerprint density at radius 1 is 1.35 bits per heavy atom. The zero-order valence-electron chi connectivity index (χ0n) is 11.9. The molecule has 20 heavy (non-hydrogen) atoms. The predicted octanol–water partition coefficient (Wildman–Crippen LogP) is 3.24. The highest BCUT2D eigenvalue weighted by Crippen LogP contribution is 2.55. The average Bonchev–Trinajstić information content (AvgIpc) is 3.16. The van der Waals surface area contributed by atoms with Gasteiger partial charge in [0.05, 0.1) is 20.6 Å². The maximum atomic E-state index is 13.6. The first-order valence-corrected chi connectivity index (χ1v) is 6.56. The molecule has 1 unspecified atom stereocenters. The van der Waals surface area contributed by atoms with Crippen molar-refractivity contribution in [2.75, 3.05) is 14.2 Å². The molecule has 0 amide bonds. The van der Waals surface area contributed by atoms with E-state index in [0.717, 1.165) is 18.4 Å². The van der Waals surface area contributed by atoms with Gasteiger partial charge in [0.1, 0.15) is 17.7 Å². The summed E-state index contributed by atoms with van der Waals surface area (Å²) < 4.78 is 24.2. The molecule has 0 aromatic heterocycles. The van der Waals surface area contributed by atoms with Crippen LogP contribution in [0.1, 0.15) is 43.5 Å². The second kappa shape index (κ2) is 5.31. The zero-order chi connectivity index (χ0) is 14.9. The fraction of sp³-hybridized carbons (Fsp3) is 0.533. The van der Waals surface area contributed by atoms with Crippen molar-refractivity contribution in [2.24, 2.45) is 0 Å². The third-order valence-corrected chi connectivity index (χ3v) is 3.89. The topological polar surface area (TPSA) is 55.8 Å². The van der Waals surface area contributed by atoms with Crippen molar-refractivity contribution in [3.05, 3.63) is 23.3 Å². The number of rotatable bonds is 6. The lowest BCUT2D eigenvalue weighted by atomic mass is 9.89. The first-order chi connectivity index (χ1) is 9.43. The summed E-state index contributed by atoms with van der Waals surface area (Å²) in [5.41, 5.74) is 0.811. The first kappa shape index (κ1) is 14.6.